The molecule has 1 aromatic heterocycles. The van der Waals surface area contributed by atoms with E-state index in [4.69, 9.17) is 0 Å². The van der Waals surface area contributed by atoms with Gasteiger partial charge in [-0.1, -0.05) is 11.8 Å². The third-order valence-electron chi connectivity index (χ3n) is 5.02. The summed E-state index contributed by atoms with van der Waals surface area (Å²) < 4.78 is 39.5. The summed E-state index contributed by atoms with van der Waals surface area (Å²) in [5.41, 5.74) is -1.27. The lowest BCUT2D eigenvalue weighted by Gasteiger charge is -2.17. The molecule has 3 rings (SSSR count). The average Bonchev–Trinajstić information content (AvgIpc) is 3.14. The number of amides is 1. The van der Waals surface area contributed by atoms with Crippen LogP contribution in [0.15, 0.2) is 17.1 Å². The van der Waals surface area contributed by atoms with E-state index >= 15 is 0 Å². The highest BCUT2D eigenvalue weighted by atomic mass is 32.2. The molecule has 0 radical (unpaired) electrons. The van der Waals surface area contributed by atoms with E-state index in [9.17, 15) is 28.0 Å². The summed E-state index contributed by atoms with van der Waals surface area (Å²) in [7, 11) is 0. The van der Waals surface area contributed by atoms with Crippen molar-refractivity contribution in [2.24, 2.45) is 11.8 Å². The molecule has 3 heterocycles. The SMILES string of the molecule is N#CC1SC(C(=O)Nc2cc(F)c(=O)n(CC(F)F)c2)CC1C#CC1CCNCC1. The number of hydrogen-bond donors (Lipinski definition) is 2. The second kappa shape index (κ2) is 10.1. The molecule has 2 N–H and O–H groups in total. The molecular weight excluding hydrogens is 417 g/mol. The van der Waals surface area contributed by atoms with Crippen molar-refractivity contribution in [2.75, 3.05) is 18.4 Å². The Kier molecular flexibility index (Phi) is 7.46. The lowest BCUT2D eigenvalue weighted by atomic mass is 9.95. The number of nitriles is 1. The van der Waals surface area contributed by atoms with Crippen LogP contribution in [0.1, 0.15) is 19.3 Å². The minimum absolute atomic E-state index is 0.0869. The highest BCUT2D eigenvalue weighted by molar-refractivity contribution is 8.01. The number of hydrogen-bond acceptors (Lipinski definition) is 5. The van der Waals surface area contributed by atoms with E-state index in [0.29, 0.717) is 11.0 Å². The van der Waals surface area contributed by atoms with Crippen molar-refractivity contribution in [3.63, 3.8) is 0 Å². The lowest BCUT2D eigenvalue weighted by Crippen LogP contribution is -2.28. The molecule has 2 aliphatic heterocycles. The van der Waals surface area contributed by atoms with Gasteiger partial charge in [-0.3, -0.25) is 9.59 Å². The number of pyridine rings is 1. The zero-order chi connectivity index (χ0) is 21.7. The number of carbonyl (C=O) groups excluding carboxylic acids is 1. The molecule has 1 amide bonds. The fraction of sp³-hybridized carbons (Fsp3) is 0.550. The fourth-order valence-corrected chi connectivity index (χ4v) is 4.76. The Balaban J connectivity index is 1.67. The van der Waals surface area contributed by atoms with Crippen LogP contribution in [0.3, 0.4) is 0 Å². The van der Waals surface area contributed by atoms with Crippen LogP contribution in [-0.2, 0) is 11.3 Å². The van der Waals surface area contributed by atoms with E-state index in [1.165, 1.54) is 11.8 Å². The van der Waals surface area contributed by atoms with Crippen LogP contribution < -0.4 is 16.2 Å². The molecule has 6 nitrogen and oxygen atoms in total. The van der Waals surface area contributed by atoms with Crippen molar-refractivity contribution in [1.29, 1.82) is 5.26 Å². The summed E-state index contributed by atoms with van der Waals surface area (Å²) in [5.74, 6) is 4.71. The number of thioether (sulfide) groups is 1. The van der Waals surface area contributed by atoms with Crippen LogP contribution in [0.4, 0.5) is 18.9 Å². The smallest absolute Gasteiger partial charge is 0.286 e. The number of carbonyl (C=O) groups is 1. The predicted molar refractivity (Wildman–Crippen MR) is 108 cm³/mol. The van der Waals surface area contributed by atoms with Gasteiger partial charge in [-0.25, -0.2) is 13.2 Å². The van der Waals surface area contributed by atoms with Crippen LogP contribution in [0, 0.1) is 40.8 Å². The molecule has 3 atom stereocenters. The van der Waals surface area contributed by atoms with Crippen LogP contribution >= 0.6 is 11.8 Å². The molecule has 3 unspecified atom stereocenters. The molecule has 0 spiro atoms. The van der Waals surface area contributed by atoms with E-state index in [1.54, 1.807) is 0 Å². The summed E-state index contributed by atoms with van der Waals surface area (Å²) in [6.45, 7) is 0.855. The lowest BCUT2D eigenvalue weighted by molar-refractivity contribution is -0.115. The van der Waals surface area contributed by atoms with Gasteiger partial charge in [0.25, 0.3) is 12.0 Å². The maximum absolute atomic E-state index is 13.8. The highest BCUT2D eigenvalue weighted by Gasteiger charge is 2.38. The van der Waals surface area contributed by atoms with E-state index in [2.05, 4.69) is 28.5 Å². The van der Waals surface area contributed by atoms with E-state index in [0.717, 1.165) is 38.2 Å². The number of piperidine rings is 1. The molecule has 2 saturated heterocycles. The Labute approximate surface area is 176 Å². The number of rotatable bonds is 4. The first-order valence-electron chi connectivity index (χ1n) is 9.63. The minimum Gasteiger partial charge on any atom is -0.324 e. The van der Waals surface area contributed by atoms with Gasteiger partial charge in [-0.2, -0.15) is 5.26 Å². The molecule has 2 aliphatic rings. The molecule has 10 heteroatoms. The Bertz CT molecular complexity index is 944. The molecule has 30 heavy (non-hydrogen) atoms. The zero-order valence-electron chi connectivity index (χ0n) is 16.0. The van der Waals surface area contributed by atoms with Crippen LogP contribution in [0.5, 0.6) is 0 Å². The number of anilines is 1. The van der Waals surface area contributed by atoms with Crippen molar-refractivity contribution < 1.29 is 18.0 Å². The third-order valence-corrected chi connectivity index (χ3v) is 6.48. The van der Waals surface area contributed by atoms with Crippen LogP contribution in [0.25, 0.3) is 0 Å². The van der Waals surface area contributed by atoms with Gasteiger partial charge < -0.3 is 15.2 Å². The Morgan fingerprint density at radius 3 is 2.77 bits per heavy atom. The first-order valence-corrected chi connectivity index (χ1v) is 10.6. The van der Waals surface area contributed by atoms with Crippen LogP contribution in [-0.4, -0.2) is 40.5 Å². The van der Waals surface area contributed by atoms with Crippen molar-refractivity contribution in [3.05, 3.63) is 28.4 Å². The van der Waals surface area contributed by atoms with E-state index in [-0.39, 0.29) is 17.5 Å². The summed E-state index contributed by atoms with van der Waals surface area (Å²) in [5, 5.41) is 14.1. The van der Waals surface area contributed by atoms with Gasteiger partial charge in [0.2, 0.25) is 5.91 Å². The topological polar surface area (TPSA) is 86.9 Å². The molecule has 1 aromatic rings. The molecule has 0 aromatic carbocycles. The molecular formula is C20H21F3N4O2S. The molecule has 0 bridgehead atoms. The summed E-state index contributed by atoms with van der Waals surface area (Å²) in [6, 6.07) is 2.98. The maximum Gasteiger partial charge on any atom is 0.286 e. The largest absolute Gasteiger partial charge is 0.324 e. The molecule has 160 valence electrons. The number of nitrogens with one attached hydrogen (secondary N) is 2. The van der Waals surface area contributed by atoms with Crippen LogP contribution in [0.2, 0.25) is 0 Å². The third kappa shape index (κ3) is 5.59. The minimum atomic E-state index is -2.84. The normalized spacial score (nSPS) is 24.2. The monoisotopic (exact) mass is 438 g/mol. The second-order valence-corrected chi connectivity index (χ2v) is 8.59. The van der Waals surface area contributed by atoms with Gasteiger partial charge in [0.1, 0.15) is 5.25 Å². The second-order valence-electron chi connectivity index (χ2n) is 7.24. The summed E-state index contributed by atoms with van der Waals surface area (Å²) in [4.78, 5) is 24.2. The predicted octanol–water partition coefficient (Wildman–Crippen LogP) is 2.21. The van der Waals surface area contributed by atoms with Crippen molar-refractivity contribution >= 4 is 23.4 Å². The Morgan fingerprint density at radius 1 is 1.37 bits per heavy atom. The standard InChI is InChI=1S/C20H21F3N4O2S/c21-15-8-14(10-27(20(15)29)11-18(22)23)26-19(28)16-7-13(17(9-24)30-16)2-1-12-3-5-25-6-4-12/h8,10,12-13,16-18,25H,3-7,11H2,(H,26,28). The van der Waals surface area contributed by atoms with Gasteiger partial charge in [0, 0.05) is 24.1 Å². The zero-order valence-corrected chi connectivity index (χ0v) is 16.9. The van der Waals surface area contributed by atoms with Gasteiger partial charge in [-0.05, 0) is 32.4 Å². The van der Waals surface area contributed by atoms with Gasteiger partial charge >= 0.3 is 0 Å². The number of halogens is 3. The summed E-state index contributed by atoms with van der Waals surface area (Å²) in [6.07, 6.45) is 0.424. The van der Waals surface area contributed by atoms with Gasteiger partial charge in [0.05, 0.1) is 23.6 Å². The quantitative estimate of drug-likeness (QED) is 0.704. The van der Waals surface area contributed by atoms with E-state index in [1.807, 2.05) is 0 Å². The molecule has 0 aliphatic carbocycles. The number of alkyl halides is 2. The Morgan fingerprint density at radius 2 is 2.10 bits per heavy atom. The molecule has 2 fully saturated rings. The van der Waals surface area contributed by atoms with Gasteiger partial charge in [0.15, 0.2) is 5.82 Å². The molecule has 0 saturated carbocycles. The first-order chi connectivity index (χ1) is 14.4. The fourth-order valence-electron chi connectivity index (χ4n) is 3.47. The maximum atomic E-state index is 13.8. The first kappa shape index (κ1) is 22.3. The Hall–Kier alpha value is -2.43. The number of nitrogens with zero attached hydrogens (tertiary/aromatic N) is 2. The average molecular weight is 438 g/mol. The van der Waals surface area contributed by atoms with Crippen molar-refractivity contribution in [2.45, 2.75) is 42.7 Å². The highest BCUT2D eigenvalue weighted by Crippen LogP contribution is 2.38. The summed E-state index contributed by atoms with van der Waals surface area (Å²) >= 11 is 1.18. The number of aromatic nitrogens is 1. The van der Waals surface area contributed by atoms with Crippen molar-refractivity contribution in [3.8, 4) is 17.9 Å². The van der Waals surface area contributed by atoms with Gasteiger partial charge in [-0.15, -0.1) is 11.8 Å². The van der Waals surface area contributed by atoms with E-state index < -0.39 is 40.8 Å². The van der Waals surface area contributed by atoms with Crippen molar-refractivity contribution in [1.82, 2.24) is 9.88 Å².